The number of halogens is 1. The molecule has 2 heterocycles. The summed E-state index contributed by atoms with van der Waals surface area (Å²) in [6.45, 7) is 4.37. The van der Waals surface area contributed by atoms with Gasteiger partial charge in [-0.1, -0.05) is 17.7 Å². The number of amides is 1. The Kier molecular flexibility index (Phi) is 6.71. The van der Waals surface area contributed by atoms with E-state index in [2.05, 4.69) is 10.1 Å². The first-order valence-electron chi connectivity index (χ1n) is 10.0. The van der Waals surface area contributed by atoms with Gasteiger partial charge in [0.1, 0.15) is 19.0 Å². The first kappa shape index (κ1) is 22.9. The van der Waals surface area contributed by atoms with Crippen molar-refractivity contribution in [3.05, 3.63) is 58.1 Å². The lowest BCUT2D eigenvalue weighted by Gasteiger charge is -2.20. The van der Waals surface area contributed by atoms with Crippen LogP contribution in [0.4, 0.5) is 0 Å². The van der Waals surface area contributed by atoms with E-state index in [0.29, 0.717) is 40.5 Å². The molecule has 0 fully saturated rings. The van der Waals surface area contributed by atoms with Crippen LogP contribution in [0.3, 0.4) is 0 Å². The number of benzene rings is 2. The molecule has 2 aromatic rings. The Labute approximate surface area is 200 Å². The van der Waals surface area contributed by atoms with Crippen LogP contribution in [0.5, 0.6) is 17.2 Å². The first-order valence-corrected chi connectivity index (χ1v) is 11.2. The summed E-state index contributed by atoms with van der Waals surface area (Å²) in [5, 5.41) is 15.8. The Morgan fingerprint density at radius 1 is 1.12 bits per heavy atom. The van der Waals surface area contributed by atoms with E-state index < -0.39 is 5.91 Å². The molecule has 2 aliphatic heterocycles. The summed E-state index contributed by atoms with van der Waals surface area (Å²) in [7, 11) is 1.54. The molecule has 0 atom stereocenters. The average molecular weight is 485 g/mol. The Morgan fingerprint density at radius 2 is 1.91 bits per heavy atom. The molecule has 0 spiro atoms. The molecular formula is C23H21ClN4O4S. The van der Waals surface area contributed by atoms with Crippen LogP contribution in [0.2, 0.25) is 5.02 Å². The van der Waals surface area contributed by atoms with E-state index in [0.717, 1.165) is 16.4 Å². The van der Waals surface area contributed by atoms with E-state index in [1.165, 1.54) is 23.9 Å². The molecule has 0 aromatic heterocycles. The summed E-state index contributed by atoms with van der Waals surface area (Å²) >= 11 is 7.30. The number of hydrogen-bond donors (Lipinski definition) is 1. The average Bonchev–Trinajstić information content (AvgIpc) is 3.17. The third-order valence-corrected chi connectivity index (χ3v) is 6.04. The lowest BCUT2D eigenvalue weighted by molar-refractivity contribution is -0.114. The number of aryl methyl sites for hydroxylation is 1. The highest BCUT2D eigenvalue weighted by atomic mass is 35.5. The van der Waals surface area contributed by atoms with Crippen LogP contribution in [-0.4, -0.2) is 47.3 Å². The Balaban J connectivity index is 1.43. The van der Waals surface area contributed by atoms with Gasteiger partial charge in [-0.25, -0.2) is 0 Å². The van der Waals surface area contributed by atoms with Gasteiger partial charge in [-0.3, -0.25) is 10.2 Å². The molecule has 2 aromatic carbocycles. The number of rotatable bonds is 7. The Morgan fingerprint density at radius 3 is 2.67 bits per heavy atom. The second-order valence-electron chi connectivity index (χ2n) is 7.16. The van der Waals surface area contributed by atoms with Crippen molar-refractivity contribution in [3.8, 4) is 17.2 Å². The van der Waals surface area contributed by atoms with Crippen molar-refractivity contribution in [1.82, 2.24) is 5.01 Å². The zero-order chi connectivity index (χ0) is 23.5. The van der Waals surface area contributed by atoms with Crippen LogP contribution in [0, 0.1) is 12.3 Å². The fraction of sp³-hybridized carbons (Fsp3) is 0.217. The number of aliphatic imine (C=N–C) groups is 1. The second kappa shape index (κ2) is 9.68. The van der Waals surface area contributed by atoms with E-state index in [1.807, 2.05) is 19.1 Å². The number of hydrogen-bond acceptors (Lipinski definition) is 7. The number of nitrogens with zero attached hydrogens (tertiary/aromatic N) is 3. The molecule has 170 valence electrons. The molecule has 0 unspecified atom stereocenters. The van der Waals surface area contributed by atoms with Crippen molar-refractivity contribution in [2.45, 2.75) is 13.8 Å². The van der Waals surface area contributed by atoms with Crippen molar-refractivity contribution in [2.75, 3.05) is 20.3 Å². The predicted octanol–water partition coefficient (Wildman–Crippen LogP) is 4.75. The number of hydrazone groups is 1. The zero-order valence-electron chi connectivity index (χ0n) is 18.2. The highest BCUT2D eigenvalue weighted by Crippen LogP contribution is 2.31. The lowest BCUT2D eigenvalue weighted by Crippen LogP contribution is -2.35. The van der Waals surface area contributed by atoms with Crippen LogP contribution in [0.25, 0.3) is 6.08 Å². The fourth-order valence-corrected chi connectivity index (χ4v) is 4.02. The minimum atomic E-state index is -0.475. The van der Waals surface area contributed by atoms with E-state index in [9.17, 15) is 4.79 Å². The highest BCUT2D eigenvalue weighted by molar-refractivity contribution is 8.26. The van der Waals surface area contributed by atoms with Crippen LogP contribution in [0.15, 0.2) is 52.1 Å². The summed E-state index contributed by atoms with van der Waals surface area (Å²) in [6.07, 6.45) is 1.59. The lowest BCUT2D eigenvalue weighted by atomic mass is 10.1. The zero-order valence-corrected chi connectivity index (χ0v) is 19.8. The van der Waals surface area contributed by atoms with Gasteiger partial charge in [-0.15, -0.1) is 0 Å². The number of thioether (sulfide) groups is 1. The van der Waals surface area contributed by atoms with E-state index in [4.69, 9.17) is 31.2 Å². The van der Waals surface area contributed by atoms with Crippen molar-refractivity contribution < 1.29 is 19.0 Å². The van der Waals surface area contributed by atoms with Crippen molar-refractivity contribution in [1.29, 1.82) is 5.41 Å². The maximum absolute atomic E-state index is 12.4. The standard InChI is InChI=1S/C23H21ClN4O4S/c1-13-10-16(5-6-18(13)24)31-8-9-32-19-7-4-15(12-20(19)30-3)11-17-21(25)28-23(26-22(17)29)33-14(2)27-28/h4-7,10-12,25H,8-9H2,1-3H3. The van der Waals surface area contributed by atoms with Crippen molar-refractivity contribution in [3.63, 3.8) is 0 Å². The summed E-state index contributed by atoms with van der Waals surface area (Å²) in [4.78, 5) is 16.5. The van der Waals surface area contributed by atoms with Gasteiger partial charge in [-0.05, 0) is 73.1 Å². The molecule has 0 radical (unpaired) electrons. The molecule has 10 heteroatoms. The molecule has 0 saturated heterocycles. The van der Waals surface area contributed by atoms with Crippen molar-refractivity contribution >= 4 is 51.4 Å². The van der Waals surface area contributed by atoms with Crippen LogP contribution < -0.4 is 14.2 Å². The van der Waals surface area contributed by atoms with E-state index in [1.54, 1.807) is 37.3 Å². The number of amidine groups is 2. The maximum Gasteiger partial charge on any atom is 0.283 e. The highest BCUT2D eigenvalue weighted by Gasteiger charge is 2.34. The molecular weight excluding hydrogens is 464 g/mol. The van der Waals surface area contributed by atoms with Gasteiger partial charge < -0.3 is 14.2 Å². The van der Waals surface area contributed by atoms with Gasteiger partial charge in [0.25, 0.3) is 5.91 Å². The summed E-state index contributed by atoms with van der Waals surface area (Å²) in [5.41, 5.74) is 1.77. The second-order valence-corrected chi connectivity index (χ2v) is 8.72. The topological polar surface area (TPSA) is 96.6 Å². The first-order chi connectivity index (χ1) is 15.9. The van der Waals surface area contributed by atoms with E-state index >= 15 is 0 Å². The van der Waals surface area contributed by atoms with Gasteiger partial charge in [-0.2, -0.15) is 15.1 Å². The SMILES string of the molecule is COc1cc(C=C2C(=N)N3N=C(C)SC3=NC2=O)ccc1OCCOc1ccc(Cl)c(C)c1. The molecule has 0 aliphatic carbocycles. The molecule has 0 saturated carbocycles. The number of ether oxygens (including phenoxy) is 3. The number of nitrogens with one attached hydrogen (secondary N) is 1. The largest absolute Gasteiger partial charge is 0.493 e. The molecule has 0 bridgehead atoms. The van der Waals surface area contributed by atoms with Gasteiger partial charge >= 0.3 is 0 Å². The van der Waals surface area contributed by atoms with Gasteiger partial charge in [0, 0.05) is 5.02 Å². The van der Waals surface area contributed by atoms with Gasteiger partial charge in [0.15, 0.2) is 17.3 Å². The fourth-order valence-electron chi connectivity index (χ4n) is 3.17. The smallest absolute Gasteiger partial charge is 0.283 e. The molecule has 8 nitrogen and oxygen atoms in total. The predicted molar refractivity (Wildman–Crippen MR) is 131 cm³/mol. The third-order valence-electron chi connectivity index (χ3n) is 4.79. The molecule has 4 rings (SSSR count). The normalized spacial score (nSPS) is 16.5. The Bertz CT molecular complexity index is 1220. The summed E-state index contributed by atoms with van der Waals surface area (Å²) in [6, 6.07) is 10.7. The molecule has 33 heavy (non-hydrogen) atoms. The van der Waals surface area contributed by atoms with E-state index in [-0.39, 0.29) is 11.4 Å². The third kappa shape index (κ3) is 5.04. The van der Waals surface area contributed by atoms with Gasteiger partial charge in [0.05, 0.1) is 17.7 Å². The minimum absolute atomic E-state index is 0.0109. The van der Waals surface area contributed by atoms with Crippen LogP contribution >= 0.6 is 23.4 Å². The number of fused-ring (bicyclic) bond motifs is 1. The quantitative estimate of drug-likeness (QED) is 0.450. The molecule has 1 N–H and O–H groups in total. The molecule has 2 aliphatic rings. The number of carbonyl (C=O) groups excluding carboxylic acids is 1. The number of methoxy groups -OCH3 is 1. The summed E-state index contributed by atoms with van der Waals surface area (Å²) in [5.74, 6) is 1.27. The van der Waals surface area contributed by atoms with Crippen molar-refractivity contribution in [2.24, 2.45) is 10.1 Å². The van der Waals surface area contributed by atoms with Crippen LogP contribution in [0.1, 0.15) is 18.1 Å². The summed E-state index contributed by atoms with van der Waals surface area (Å²) < 4.78 is 17.0. The molecule has 1 amide bonds. The minimum Gasteiger partial charge on any atom is -0.493 e. The monoisotopic (exact) mass is 484 g/mol. The Hall–Kier alpha value is -3.30. The van der Waals surface area contributed by atoms with Gasteiger partial charge in [0.2, 0.25) is 5.17 Å². The van der Waals surface area contributed by atoms with Crippen LogP contribution in [-0.2, 0) is 4.79 Å². The maximum atomic E-state index is 12.4. The number of carbonyl (C=O) groups is 1.